The van der Waals surface area contributed by atoms with Crippen molar-refractivity contribution in [2.45, 2.75) is 57.7 Å². The minimum Gasteiger partial charge on any atom is -0.443 e. The van der Waals surface area contributed by atoms with Gasteiger partial charge in [-0.25, -0.2) is 22.9 Å². The average molecular weight is 597 g/mol. The van der Waals surface area contributed by atoms with E-state index in [9.17, 15) is 32.3 Å². The SMILES string of the molecule is CNC(=O)c1cc(-c2cccnc2[C@H](Cc2cc(F)cc(F)c2)NC(=O)[C@@H]2CCC(=O)N2C(=O)OC(C)(C)C)ccc1F. The van der Waals surface area contributed by atoms with Crippen LogP contribution in [-0.2, 0) is 20.7 Å². The standard InChI is InChI=1S/C31H31F3N4O5/c1-31(2,3)43-30(42)38-25(9-10-26(38)39)29(41)37-24(14-17-12-19(32)16-20(33)13-17)27-21(6-5-11-36-27)18-7-8-23(34)22(15-18)28(40)35-4/h5-8,11-13,15-16,24-25H,9-10,14H2,1-4H3,(H,35,40)(H,37,41)/t24-,25-/m0/s1. The molecular formula is C31H31F3N4O5. The Labute approximate surface area is 246 Å². The van der Waals surface area contributed by atoms with Crippen LogP contribution >= 0.6 is 0 Å². The second-order valence-corrected chi connectivity index (χ2v) is 11.1. The summed E-state index contributed by atoms with van der Waals surface area (Å²) < 4.78 is 48.1. The van der Waals surface area contributed by atoms with E-state index in [1.165, 1.54) is 25.4 Å². The van der Waals surface area contributed by atoms with Gasteiger partial charge in [-0.15, -0.1) is 0 Å². The van der Waals surface area contributed by atoms with Crippen molar-refractivity contribution in [3.8, 4) is 11.1 Å². The van der Waals surface area contributed by atoms with Gasteiger partial charge in [0, 0.05) is 31.3 Å². The van der Waals surface area contributed by atoms with Gasteiger partial charge in [-0.3, -0.25) is 19.4 Å². The van der Waals surface area contributed by atoms with Crippen LogP contribution in [0.25, 0.3) is 11.1 Å². The molecule has 1 saturated heterocycles. The molecule has 2 aromatic carbocycles. The number of nitrogens with zero attached hydrogens (tertiary/aromatic N) is 2. The molecular weight excluding hydrogens is 565 g/mol. The van der Waals surface area contributed by atoms with Gasteiger partial charge in [0.05, 0.1) is 17.3 Å². The first-order chi connectivity index (χ1) is 20.3. The van der Waals surface area contributed by atoms with Gasteiger partial charge in [-0.2, -0.15) is 0 Å². The molecule has 43 heavy (non-hydrogen) atoms. The Balaban J connectivity index is 1.75. The molecule has 2 heterocycles. The summed E-state index contributed by atoms with van der Waals surface area (Å²) in [6.07, 6.45) is 0.309. The highest BCUT2D eigenvalue weighted by Crippen LogP contribution is 2.31. The van der Waals surface area contributed by atoms with Crippen LogP contribution in [0.4, 0.5) is 18.0 Å². The molecule has 0 radical (unpaired) electrons. The van der Waals surface area contributed by atoms with Gasteiger partial charge in [0.15, 0.2) is 0 Å². The number of amides is 4. The third kappa shape index (κ3) is 7.37. The molecule has 1 fully saturated rings. The number of halogens is 3. The predicted octanol–water partition coefficient (Wildman–Crippen LogP) is 4.85. The van der Waals surface area contributed by atoms with Crippen molar-refractivity contribution in [3.63, 3.8) is 0 Å². The molecule has 1 aliphatic rings. The van der Waals surface area contributed by atoms with Gasteiger partial charge >= 0.3 is 6.09 Å². The molecule has 2 N–H and O–H groups in total. The Morgan fingerprint density at radius 3 is 2.42 bits per heavy atom. The lowest BCUT2D eigenvalue weighted by Crippen LogP contribution is -2.50. The molecule has 1 aromatic heterocycles. The van der Waals surface area contributed by atoms with Crippen LogP contribution in [0.15, 0.2) is 54.7 Å². The van der Waals surface area contributed by atoms with Gasteiger partial charge < -0.3 is 15.4 Å². The minimum atomic E-state index is -1.20. The Kier molecular flexibility index (Phi) is 9.17. The van der Waals surface area contributed by atoms with Crippen molar-refractivity contribution in [2.24, 2.45) is 0 Å². The molecule has 9 nitrogen and oxygen atoms in total. The van der Waals surface area contributed by atoms with Gasteiger partial charge in [-0.05, 0) is 75.1 Å². The minimum absolute atomic E-state index is 0.0355. The van der Waals surface area contributed by atoms with Crippen LogP contribution in [0.1, 0.15) is 61.3 Å². The van der Waals surface area contributed by atoms with Gasteiger partial charge in [0.2, 0.25) is 11.8 Å². The second-order valence-electron chi connectivity index (χ2n) is 11.1. The zero-order chi connectivity index (χ0) is 31.5. The third-order valence-electron chi connectivity index (χ3n) is 6.70. The fraction of sp³-hybridized carbons (Fsp3) is 0.323. The van der Waals surface area contributed by atoms with Crippen molar-refractivity contribution >= 4 is 23.8 Å². The van der Waals surface area contributed by atoms with Crippen molar-refractivity contribution in [1.29, 1.82) is 0 Å². The number of imide groups is 1. The van der Waals surface area contributed by atoms with Crippen molar-refractivity contribution in [3.05, 3.63) is 89.0 Å². The summed E-state index contributed by atoms with van der Waals surface area (Å²) in [6, 6.07) is 7.82. The zero-order valence-corrected chi connectivity index (χ0v) is 24.0. The maximum absolute atomic E-state index is 14.5. The molecule has 12 heteroatoms. The van der Waals surface area contributed by atoms with Crippen LogP contribution in [0.3, 0.4) is 0 Å². The van der Waals surface area contributed by atoms with E-state index in [4.69, 9.17) is 4.74 Å². The highest BCUT2D eigenvalue weighted by molar-refractivity contribution is 6.01. The number of hydrogen-bond donors (Lipinski definition) is 2. The summed E-state index contributed by atoms with van der Waals surface area (Å²) in [5, 5.41) is 5.18. The molecule has 0 aliphatic carbocycles. The molecule has 4 rings (SSSR count). The highest BCUT2D eigenvalue weighted by Gasteiger charge is 2.43. The zero-order valence-electron chi connectivity index (χ0n) is 24.0. The summed E-state index contributed by atoms with van der Waals surface area (Å²) in [5.41, 5.74) is 0.0797. The van der Waals surface area contributed by atoms with Crippen LogP contribution in [-0.4, -0.2) is 52.4 Å². The number of nitrogens with one attached hydrogen (secondary N) is 2. The maximum Gasteiger partial charge on any atom is 0.417 e. The first kappa shape index (κ1) is 31.2. The summed E-state index contributed by atoms with van der Waals surface area (Å²) in [5.74, 6) is -4.34. The number of benzene rings is 2. The topological polar surface area (TPSA) is 118 Å². The molecule has 1 aliphatic heterocycles. The number of ether oxygens (including phenoxy) is 1. The Morgan fingerprint density at radius 2 is 1.77 bits per heavy atom. The number of likely N-dealkylation sites (tertiary alicyclic amines) is 1. The van der Waals surface area contributed by atoms with Gasteiger partial charge in [0.1, 0.15) is 29.1 Å². The van der Waals surface area contributed by atoms with E-state index >= 15 is 0 Å². The van der Waals surface area contributed by atoms with Crippen LogP contribution in [0, 0.1) is 17.5 Å². The van der Waals surface area contributed by atoms with Crippen LogP contribution in [0.2, 0.25) is 0 Å². The van der Waals surface area contributed by atoms with E-state index in [1.54, 1.807) is 32.9 Å². The Hall–Kier alpha value is -4.74. The first-order valence-electron chi connectivity index (χ1n) is 13.5. The summed E-state index contributed by atoms with van der Waals surface area (Å²) in [7, 11) is 1.36. The second kappa shape index (κ2) is 12.6. The van der Waals surface area contributed by atoms with Crippen LogP contribution < -0.4 is 10.6 Å². The van der Waals surface area contributed by atoms with E-state index in [2.05, 4.69) is 15.6 Å². The molecule has 2 atom stereocenters. The molecule has 0 saturated carbocycles. The fourth-order valence-electron chi connectivity index (χ4n) is 4.86. The lowest BCUT2D eigenvalue weighted by molar-refractivity contribution is -0.134. The monoisotopic (exact) mass is 596 g/mol. The number of rotatable bonds is 7. The van der Waals surface area contributed by atoms with E-state index in [0.717, 1.165) is 23.1 Å². The van der Waals surface area contributed by atoms with Crippen molar-refractivity contribution in [1.82, 2.24) is 20.5 Å². The van der Waals surface area contributed by atoms with Gasteiger partial charge in [0.25, 0.3) is 5.91 Å². The number of aromatic nitrogens is 1. The molecule has 4 amide bonds. The Bertz CT molecular complexity index is 1550. The quantitative estimate of drug-likeness (QED) is 0.403. The number of carbonyl (C=O) groups is 4. The molecule has 0 spiro atoms. The Morgan fingerprint density at radius 1 is 1.07 bits per heavy atom. The van der Waals surface area contributed by atoms with Gasteiger partial charge in [-0.1, -0.05) is 12.1 Å². The van der Waals surface area contributed by atoms with E-state index in [0.29, 0.717) is 17.2 Å². The predicted molar refractivity (Wildman–Crippen MR) is 150 cm³/mol. The maximum atomic E-state index is 14.5. The van der Waals surface area contributed by atoms with E-state index in [-0.39, 0.29) is 36.1 Å². The van der Waals surface area contributed by atoms with E-state index in [1.807, 2.05) is 0 Å². The smallest absolute Gasteiger partial charge is 0.417 e. The third-order valence-corrected chi connectivity index (χ3v) is 6.70. The van der Waals surface area contributed by atoms with Crippen molar-refractivity contribution in [2.75, 3.05) is 7.05 Å². The summed E-state index contributed by atoms with van der Waals surface area (Å²) in [4.78, 5) is 56.6. The molecule has 0 bridgehead atoms. The fourth-order valence-corrected chi connectivity index (χ4v) is 4.86. The highest BCUT2D eigenvalue weighted by atomic mass is 19.1. The lowest BCUT2D eigenvalue weighted by atomic mass is 9.94. The molecule has 3 aromatic rings. The number of pyridine rings is 1. The molecule has 226 valence electrons. The van der Waals surface area contributed by atoms with Crippen molar-refractivity contribution < 1.29 is 37.1 Å². The normalized spacial score (nSPS) is 15.7. The number of hydrogen-bond acceptors (Lipinski definition) is 6. The lowest BCUT2D eigenvalue weighted by Gasteiger charge is -2.28. The molecule has 0 unspecified atom stereocenters. The summed E-state index contributed by atoms with van der Waals surface area (Å²) in [6.45, 7) is 4.88. The van der Waals surface area contributed by atoms with E-state index < -0.39 is 59.0 Å². The summed E-state index contributed by atoms with van der Waals surface area (Å²) >= 11 is 0. The average Bonchev–Trinajstić information content (AvgIpc) is 3.32. The largest absolute Gasteiger partial charge is 0.443 e. The number of carbonyl (C=O) groups excluding carboxylic acids is 4. The first-order valence-corrected chi connectivity index (χ1v) is 13.5. The van der Waals surface area contributed by atoms with Crippen LogP contribution in [0.5, 0.6) is 0 Å².